The van der Waals surface area contributed by atoms with Crippen molar-refractivity contribution in [1.82, 2.24) is 0 Å². The highest BCUT2D eigenvalue weighted by atomic mass is 19.1. The fraction of sp³-hybridized carbons (Fsp3) is 0.188. The van der Waals surface area contributed by atoms with Crippen LogP contribution in [-0.4, -0.2) is 13.0 Å². The van der Waals surface area contributed by atoms with Gasteiger partial charge in [-0.05, 0) is 36.8 Å². The molecule has 0 aliphatic heterocycles. The molecule has 0 bridgehead atoms. The molecule has 4 heteroatoms. The fourth-order valence-electron chi connectivity index (χ4n) is 2.04. The van der Waals surface area contributed by atoms with E-state index in [1.165, 1.54) is 17.0 Å². The highest BCUT2D eigenvalue weighted by molar-refractivity contribution is 5.99. The molecule has 3 nitrogen and oxygen atoms in total. The first kappa shape index (κ1) is 14.2. The lowest BCUT2D eigenvalue weighted by Gasteiger charge is -2.29. The van der Waals surface area contributed by atoms with Crippen LogP contribution in [0.5, 0.6) is 0 Å². The molecule has 2 aromatic rings. The maximum absolute atomic E-state index is 12.9. The summed E-state index contributed by atoms with van der Waals surface area (Å²) in [6, 6.07) is 14.9. The minimum absolute atomic E-state index is 0.254. The molecule has 104 valence electrons. The number of hydrogen-bond donors (Lipinski definition) is 1. The number of halogens is 1. The van der Waals surface area contributed by atoms with Crippen molar-refractivity contribution in [2.45, 2.75) is 12.5 Å². The van der Waals surface area contributed by atoms with E-state index in [2.05, 4.69) is 0 Å². The largest absolute Gasteiger partial charge is 0.314 e. The van der Waals surface area contributed by atoms with E-state index in [0.717, 1.165) is 5.56 Å². The van der Waals surface area contributed by atoms with Crippen LogP contribution in [0.25, 0.3) is 0 Å². The van der Waals surface area contributed by atoms with Crippen LogP contribution in [0, 0.1) is 5.82 Å². The molecule has 1 unspecified atom stereocenters. The summed E-state index contributed by atoms with van der Waals surface area (Å²) >= 11 is 0. The molecule has 0 aromatic heterocycles. The molecule has 2 aromatic carbocycles. The van der Waals surface area contributed by atoms with Crippen LogP contribution in [-0.2, 0) is 10.3 Å². The van der Waals surface area contributed by atoms with Crippen LogP contribution in [0.3, 0.4) is 0 Å². The summed E-state index contributed by atoms with van der Waals surface area (Å²) in [6.07, 6.45) is 0. The molecular formula is C16H17FN2O. The van der Waals surface area contributed by atoms with Crippen molar-refractivity contribution >= 4 is 11.6 Å². The van der Waals surface area contributed by atoms with E-state index >= 15 is 0 Å². The fourth-order valence-corrected chi connectivity index (χ4v) is 2.04. The van der Waals surface area contributed by atoms with Gasteiger partial charge in [-0.2, -0.15) is 0 Å². The van der Waals surface area contributed by atoms with Gasteiger partial charge in [-0.15, -0.1) is 0 Å². The van der Waals surface area contributed by atoms with E-state index in [9.17, 15) is 9.18 Å². The first-order valence-electron chi connectivity index (χ1n) is 6.31. The number of amides is 1. The highest BCUT2D eigenvalue weighted by Crippen LogP contribution is 2.23. The van der Waals surface area contributed by atoms with E-state index in [1.54, 1.807) is 26.1 Å². The molecule has 0 saturated carbocycles. The lowest BCUT2D eigenvalue weighted by Crippen LogP contribution is -2.49. The minimum Gasteiger partial charge on any atom is -0.314 e. The number of anilines is 1. The Balaban J connectivity index is 2.28. The SMILES string of the molecule is CN(C(=O)C(C)(N)c1ccccc1)c1ccc(F)cc1. The van der Waals surface area contributed by atoms with Crippen molar-refractivity contribution in [3.63, 3.8) is 0 Å². The second-order valence-electron chi connectivity index (χ2n) is 4.91. The van der Waals surface area contributed by atoms with Gasteiger partial charge in [0.2, 0.25) is 0 Å². The van der Waals surface area contributed by atoms with E-state index in [-0.39, 0.29) is 11.7 Å². The summed E-state index contributed by atoms with van der Waals surface area (Å²) in [5, 5.41) is 0. The summed E-state index contributed by atoms with van der Waals surface area (Å²) in [6.45, 7) is 1.67. The molecule has 2 N–H and O–H groups in total. The number of benzene rings is 2. The standard InChI is InChI=1S/C16H17FN2O/c1-16(18,12-6-4-3-5-7-12)15(20)19(2)14-10-8-13(17)9-11-14/h3-11H,18H2,1-2H3. The van der Waals surface area contributed by atoms with Gasteiger partial charge in [0.15, 0.2) is 0 Å². The zero-order valence-corrected chi connectivity index (χ0v) is 11.5. The second kappa shape index (κ2) is 5.43. The molecule has 0 spiro atoms. The Kier molecular flexibility index (Phi) is 3.86. The number of likely N-dealkylation sites (N-methyl/N-ethyl adjacent to an activating group) is 1. The van der Waals surface area contributed by atoms with Crippen molar-refractivity contribution in [2.75, 3.05) is 11.9 Å². The Morgan fingerprint density at radius 3 is 2.20 bits per heavy atom. The number of carbonyl (C=O) groups excluding carboxylic acids is 1. The topological polar surface area (TPSA) is 46.3 Å². The monoisotopic (exact) mass is 272 g/mol. The smallest absolute Gasteiger partial charge is 0.251 e. The first-order valence-corrected chi connectivity index (χ1v) is 6.31. The molecule has 0 aliphatic rings. The van der Waals surface area contributed by atoms with Gasteiger partial charge in [-0.25, -0.2) is 4.39 Å². The van der Waals surface area contributed by atoms with Gasteiger partial charge in [0.1, 0.15) is 11.4 Å². The Morgan fingerprint density at radius 1 is 1.10 bits per heavy atom. The predicted molar refractivity (Wildman–Crippen MR) is 77.8 cm³/mol. The minimum atomic E-state index is -1.13. The summed E-state index contributed by atoms with van der Waals surface area (Å²) in [4.78, 5) is 14.0. The number of hydrogen-bond acceptors (Lipinski definition) is 2. The van der Waals surface area contributed by atoms with Gasteiger partial charge in [0, 0.05) is 12.7 Å². The summed E-state index contributed by atoms with van der Waals surface area (Å²) in [5.74, 6) is -0.594. The molecule has 0 heterocycles. The van der Waals surface area contributed by atoms with Gasteiger partial charge >= 0.3 is 0 Å². The number of carbonyl (C=O) groups is 1. The molecule has 0 aliphatic carbocycles. The zero-order valence-electron chi connectivity index (χ0n) is 11.5. The van der Waals surface area contributed by atoms with Crippen LogP contribution in [0.15, 0.2) is 54.6 Å². The van der Waals surface area contributed by atoms with E-state index in [1.807, 2.05) is 30.3 Å². The maximum atomic E-state index is 12.9. The van der Waals surface area contributed by atoms with Crippen molar-refractivity contribution < 1.29 is 9.18 Å². The van der Waals surface area contributed by atoms with Crippen LogP contribution >= 0.6 is 0 Å². The molecule has 2 rings (SSSR count). The molecule has 1 atom stereocenters. The van der Waals surface area contributed by atoms with Gasteiger partial charge in [-0.3, -0.25) is 4.79 Å². The normalized spacial score (nSPS) is 13.6. The van der Waals surface area contributed by atoms with Gasteiger partial charge in [0.25, 0.3) is 5.91 Å². The third kappa shape index (κ3) is 2.70. The van der Waals surface area contributed by atoms with Crippen molar-refractivity contribution in [1.29, 1.82) is 0 Å². The Labute approximate surface area is 117 Å². The van der Waals surface area contributed by atoms with Gasteiger partial charge in [0.05, 0.1) is 0 Å². The van der Waals surface area contributed by atoms with E-state index < -0.39 is 5.54 Å². The molecule has 1 amide bonds. The van der Waals surface area contributed by atoms with E-state index in [0.29, 0.717) is 5.69 Å². The number of nitrogens with zero attached hydrogens (tertiary/aromatic N) is 1. The van der Waals surface area contributed by atoms with Crippen molar-refractivity contribution in [2.24, 2.45) is 5.73 Å². The Morgan fingerprint density at radius 2 is 1.65 bits per heavy atom. The third-order valence-electron chi connectivity index (χ3n) is 3.34. The summed E-state index contributed by atoms with van der Waals surface area (Å²) in [5.41, 5.74) is 6.39. The maximum Gasteiger partial charge on any atom is 0.251 e. The predicted octanol–water partition coefficient (Wildman–Crippen LogP) is 2.66. The first-order chi connectivity index (χ1) is 9.43. The Bertz CT molecular complexity index is 594. The lowest BCUT2D eigenvalue weighted by atomic mass is 9.91. The third-order valence-corrected chi connectivity index (χ3v) is 3.34. The van der Waals surface area contributed by atoms with Crippen LogP contribution in [0.1, 0.15) is 12.5 Å². The second-order valence-corrected chi connectivity index (χ2v) is 4.91. The summed E-state index contributed by atoms with van der Waals surface area (Å²) in [7, 11) is 1.63. The molecular weight excluding hydrogens is 255 g/mol. The average Bonchev–Trinajstić information content (AvgIpc) is 2.47. The zero-order chi connectivity index (χ0) is 14.8. The van der Waals surface area contributed by atoms with Gasteiger partial charge in [-0.1, -0.05) is 30.3 Å². The van der Waals surface area contributed by atoms with Crippen molar-refractivity contribution in [3.8, 4) is 0 Å². The average molecular weight is 272 g/mol. The van der Waals surface area contributed by atoms with E-state index in [4.69, 9.17) is 5.73 Å². The van der Waals surface area contributed by atoms with Gasteiger partial charge < -0.3 is 10.6 Å². The quantitative estimate of drug-likeness (QED) is 0.933. The van der Waals surface area contributed by atoms with Crippen LogP contribution < -0.4 is 10.6 Å². The molecule has 0 fully saturated rings. The highest BCUT2D eigenvalue weighted by Gasteiger charge is 2.33. The lowest BCUT2D eigenvalue weighted by molar-refractivity contribution is -0.123. The summed E-state index contributed by atoms with van der Waals surface area (Å²) < 4.78 is 12.9. The van der Waals surface area contributed by atoms with Crippen molar-refractivity contribution in [3.05, 3.63) is 66.0 Å². The van der Waals surface area contributed by atoms with Crippen LogP contribution in [0.2, 0.25) is 0 Å². The molecule has 20 heavy (non-hydrogen) atoms. The number of nitrogens with two attached hydrogens (primary N) is 1. The molecule has 0 saturated heterocycles. The van der Waals surface area contributed by atoms with Crippen LogP contribution in [0.4, 0.5) is 10.1 Å². The molecule has 0 radical (unpaired) electrons. The Hall–Kier alpha value is -2.20. The number of rotatable bonds is 3.